The van der Waals surface area contributed by atoms with Crippen LogP contribution >= 0.6 is 11.3 Å². The van der Waals surface area contributed by atoms with Crippen LogP contribution in [0.1, 0.15) is 44.2 Å². The second-order valence-electron chi connectivity index (χ2n) is 7.12. The fourth-order valence-corrected chi connectivity index (χ4v) is 3.82. The lowest BCUT2D eigenvalue weighted by Crippen LogP contribution is -2.41. The monoisotopic (exact) mass is 340 g/mol. The minimum atomic E-state index is -0.480. The zero-order valence-corrected chi connectivity index (χ0v) is 15.7. The molecule has 2 rings (SSSR count). The van der Waals surface area contributed by atoms with Crippen molar-refractivity contribution >= 4 is 17.4 Å². The van der Waals surface area contributed by atoms with Crippen LogP contribution in [0.4, 0.5) is 4.79 Å². The van der Waals surface area contributed by atoms with E-state index in [1.165, 1.54) is 10.4 Å². The van der Waals surface area contributed by atoms with Crippen molar-refractivity contribution in [1.29, 1.82) is 0 Å². The number of nitrogens with one attached hydrogen (secondary N) is 1. The fourth-order valence-electron chi connectivity index (χ4n) is 2.87. The standard InChI is InChI=1S/C17H28N2O3S/c1-11-7-8-23-15(11)12(2)18-13-9-19(10-14(13)21-6)16(20)22-17(3,4)5/h7-8,12-14,18H,9-10H2,1-6H3/t12?,13?,14-/m0/s1. The smallest absolute Gasteiger partial charge is 0.410 e. The van der Waals surface area contributed by atoms with E-state index in [-0.39, 0.29) is 24.3 Å². The van der Waals surface area contributed by atoms with Crippen molar-refractivity contribution in [2.45, 2.75) is 58.4 Å². The first-order valence-electron chi connectivity index (χ1n) is 8.02. The maximum atomic E-state index is 12.3. The number of amides is 1. The maximum Gasteiger partial charge on any atom is 0.410 e. The molecule has 1 aromatic heterocycles. The van der Waals surface area contributed by atoms with Gasteiger partial charge in [-0.15, -0.1) is 11.3 Å². The van der Waals surface area contributed by atoms with Gasteiger partial charge in [-0.05, 0) is 51.6 Å². The third-order valence-electron chi connectivity index (χ3n) is 3.98. The molecule has 1 saturated heterocycles. The van der Waals surface area contributed by atoms with Crippen molar-refractivity contribution in [2.24, 2.45) is 0 Å². The molecular weight excluding hydrogens is 312 g/mol. The molecule has 5 nitrogen and oxygen atoms in total. The molecule has 1 amide bonds. The van der Waals surface area contributed by atoms with Crippen LogP contribution in [-0.2, 0) is 9.47 Å². The second kappa shape index (κ2) is 7.20. The van der Waals surface area contributed by atoms with Crippen LogP contribution in [0.25, 0.3) is 0 Å². The van der Waals surface area contributed by atoms with Gasteiger partial charge in [-0.25, -0.2) is 4.79 Å². The van der Waals surface area contributed by atoms with Gasteiger partial charge in [0.05, 0.1) is 18.7 Å². The van der Waals surface area contributed by atoms with E-state index in [0.29, 0.717) is 13.1 Å². The van der Waals surface area contributed by atoms with Crippen LogP contribution in [0.15, 0.2) is 11.4 Å². The van der Waals surface area contributed by atoms with Crippen LogP contribution in [0.3, 0.4) is 0 Å². The van der Waals surface area contributed by atoms with Crippen LogP contribution in [0.5, 0.6) is 0 Å². The van der Waals surface area contributed by atoms with Crippen LogP contribution in [-0.4, -0.2) is 48.9 Å². The summed E-state index contributed by atoms with van der Waals surface area (Å²) in [7, 11) is 1.69. The molecule has 130 valence electrons. The number of ether oxygens (including phenoxy) is 2. The molecule has 0 bridgehead atoms. The molecular formula is C17H28N2O3S. The summed E-state index contributed by atoms with van der Waals surface area (Å²) in [4.78, 5) is 15.3. The Hall–Kier alpha value is -1.11. The van der Waals surface area contributed by atoms with E-state index in [2.05, 4.69) is 30.6 Å². The lowest BCUT2D eigenvalue weighted by molar-refractivity contribution is 0.0252. The normalized spacial score (nSPS) is 23.1. The van der Waals surface area contributed by atoms with E-state index in [1.807, 2.05) is 20.8 Å². The second-order valence-corrected chi connectivity index (χ2v) is 8.07. The lowest BCUT2D eigenvalue weighted by atomic mass is 10.1. The van der Waals surface area contributed by atoms with E-state index in [4.69, 9.17) is 9.47 Å². The molecule has 2 heterocycles. The SMILES string of the molecule is CO[C@H]1CN(C(=O)OC(C)(C)C)CC1NC(C)c1sccc1C. The van der Waals surface area contributed by atoms with Crippen molar-refractivity contribution in [3.05, 3.63) is 21.9 Å². The molecule has 1 aliphatic rings. The number of carbonyl (C=O) groups is 1. The average Bonchev–Trinajstić information content (AvgIpc) is 3.03. The average molecular weight is 340 g/mol. The summed E-state index contributed by atoms with van der Waals surface area (Å²) >= 11 is 1.76. The summed E-state index contributed by atoms with van der Waals surface area (Å²) in [5.74, 6) is 0. The third kappa shape index (κ3) is 4.68. The highest BCUT2D eigenvalue weighted by atomic mass is 32.1. The molecule has 0 spiro atoms. The Morgan fingerprint density at radius 1 is 1.43 bits per heavy atom. The summed E-state index contributed by atoms with van der Waals surface area (Å²) in [6.45, 7) is 11.1. The number of methoxy groups -OCH3 is 1. The van der Waals surface area contributed by atoms with E-state index < -0.39 is 5.60 Å². The molecule has 3 atom stereocenters. The summed E-state index contributed by atoms with van der Waals surface area (Å²) in [5.41, 5.74) is 0.818. The molecule has 1 N–H and O–H groups in total. The van der Waals surface area contributed by atoms with Gasteiger partial charge < -0.3 is 19.7 Å². The quantitative estimate of drug-likeness (QED) is 0.913. The first-order chi connectivity index (χ1) is 10.7. The van der Waals surface area contributed by atoms with Gasteiger partial charge in [0.25, 0.3) is 0 Å². The summed E-state index contributed by atoms with van der Waals surface area (Å²) in [6.07, 6.45) is -0.297. The largest absolute Gasteiger partial charge is 0.444 e. The molecule has 0 aliphatic carbocycles. The van der Waals surface area contributed by atoms with E-state index in [9.17, 15) is 4.79 Å². The van der Waals surface area contributed by atoms with Gasteiger partial charge in [-0.3, -0.25) is 0 Å². The summed E-state index contributed by atoms with van der Waals surface area (Å²) in [5, 5.41) is 5.72. The van der Waals surface area contributed by atoms with Gasteiger partial charge in [0.2, 0.25) is 0 Å². The molecule has 1 fully saturated rings. The van der Waals surface area contributed by atoms with Gasteiger partial charge in [-0.2, -0.15) is 0 Å². The highest BCUT2D eigenvalue weighted by Crippen LogP contribution is 2.26. The number of hydrogen-bond acceptors (Lipinski definition) is 5. The van der Waals surface area contributed by atoms with Gasteiger partial charge >= 0.3 is 6.09 Å². The number of hydrogen-bond donors (Lipinski definition) is 1. The van der Waals surface area contributed by atoms with Crippen molar-refractivity contribution in [3.8, 4) is 0 Å². The summed E-state index contributed by atoms with van der Waals surface area (Å²) in [6, 6.07) is 2.47. The first kappa shape index (κ1) is 18.2. The number of rotatable bonds is 4. The van der Waals surface area contributed by atoms with E-state index in [0.717, 1.165) is 0 Å². The van der Waals surface area contributed by atoms with Crippen molar-refractivity contribution in [1.82, 2.24) is 10.2 Å². The Kier molecular flexibility index (Phi) is 5.70. The van der Waals surface area contributed by atoms with Crippen LogP contribution in [0.2, 0.25) is 0 Å². The molecule has 1 aromatic rings. The zero-order chi connectivity index (χ0) is 17.2. The number of likely N-dealkylation sites (tertiary alicyclic amines) is 1. The molecule has 23 heavy (non-hydrogen) atoms. The predicted octanol–water partition coefficient (Wildman–Crippen LogP) is 3.34. The minimum Gasteiger partial charge on any atom is -0.444 e. The van der Waals surface area contributed by atoms with Gasteiger partial charge in [0.15, 0.2) is 0 Å². The van der Waals surface area contributed by atoms with Crippen LogP contribution < -0.4 is 5.32 Å². The van der Waals surface area contributed by atoms with E-state index in [1.54, 1.807) is 23.3 Å². The Balaban J connectivity index is 1.99. The van der Waals surface area contributed by atoms with Gasteiger partial charge in [0.1, 0.15) is 5.60 Å². The fraction of sp³-hybridized carbons (Fsp3) is 0.706. The van der Waals surface area contributed by atoms with Crippen molar-refractivity contribution in [2.75, 3.05) is 20.2 Å². The zero-order valence-electron chi connectivity index (χ0n) is 14.9. The Labute approximate surface area is 143 Å². The Morgan fingerprint density at radius 2 is 2.13 bits per heavy atom. The number of thiophene rings is 1. The number of nitrogens with zero attached hydrogens (tertiary/aromatic N) is 1. The van der Waals surface area contributed by atoms with E-state index >= 15 is 0 Å². The van der Waals surface area contributed by atoms with Gasteiger partial charge in [0, 0.05) is 24.6 Å². The molecule has 0 aromatic carbocycles. The lowest BCUT2D eigenvalue weighted by Gasteiger charge is -2.24. The Morgan fingerprint density at radius 3 is 2.65 bits per heavy atom. The third-order valence-corrected chi connectivity index (χ3v) is 5.18. The minimum absolute atomic E-state index is 0.0229. The van der Waals surface area contributed by atoms with Crippen molar-refractivity contribution in [3.63, 3.8) is 0 Å². The number of aryl methyl sites for hydroxylation is 1. The predicted molar refractivity (Wildman–Crippen MR) is 93.0 cm³/mol. The maximum absolute atomic E-state index is 12.3. The Bertz CT molecular complexity index is 538. The van der Waals surface area contributed by atoms with Gasteiger partial charge in [-0.1, -0.05) is 0 Å². The number of carbonyl (C=O) groups excluding carboxylic acids is 1. The summed E-state index contributed by atoms with van der Waals surface area (Å²) < 4.78 is 11.0. The highest BCUT2D eigenvalue weighted by molar-refractivity contribution is 7.10. The van der Waals surface area contributed by atoms with Crippen LogP contribution in [0, 0.1) is 6.92 Å². The molecule has 0 saturated carbocycles. The molecule has 0 radical (unpaired) electrons. The highest BCUT2D eigenvalue weighted by Gasteiger charge is 2.38. The first-order valence-corrected chi connectivity index (χ1v) is 8.90. The molecule has 1 aliphatic heterocycles. The topological polar surface area (TPSA) is 50.8 Å². The molecule has 6 heteroatoms. The molecule has 2 unspecified atom stereocenters. The van der Waals surface area contributed by atoms with Crippen molar-refractivity contribution < 1.29 is 14.3 Å².